The monoisotopic (exact) mass is 242 g/mol. The maximum absolute atomic E-state index is 9.46. The van der Waals surface area contributed by atoms with Crippen molar-refractivity contribution >= 4 is 11.6 Å². The van der Waals surface area contributed by atoms with Gasteiger partial charge >= 0.3 is 0 Å². The number of aliphatic hydroxyl groups is 4. The molecule has 0 aromatic carbocycles. The van der Waals surface area contributed by atoms with Crippen LogP contribution in [-0.2, 0) is 9.47 Å². The number of hydrogen-bond acceptors (Lipinski definition) is 6. The summed E-state index contributed by atoms with van der Waals surface area (Å²) in [6.45, 7) is -0.323. The zero-order valence-corrected chi connectivity index (χ0v) is 8.75. The Morgan fingerprint density at radius 1 is 1.13 bits per heavy atom. The van der Waals surface area contributed by atoms with Crippen LogP contribution in [0.4, 0.5) is 0 Å². The van der Waals surface area contributed by atoms with Gasteiger partial charge in [0.1, 0.15) is 24.4 Å². The predicted octanol–water partition coefficient (Wildman–Crippen LogP) is -1.96. The summed E-state index contributed by atoms with van der Waals surface area (Å²) in [6.07, 6.45) is -6.15. The number of alkyl halides is 1. The van der Waals surface area contributed by atoms with Crippen LogP contribution in [0, 0.1) is 0 Å². The van der Waals surface area contributed by atoms with Gasteiger partial charge in [-0.2, -0.15) is 0 Å². The molecule has 15 heavy (non-hydrogen) atoms. The van der Waals surface area contributed by atoms with Crippen molar-refractivity contribution in [2.45, 2.75) is 30.7 Å². The number of halogens is 1. The van der Waals surface area contributed by atoms with Gasteiger partial charge in [0.05, 0.1) is 13.2 Å². The van der Waals surface area contributed by atoms with E-state index in [0.717, 1.165) is 0 Å². The first-order valence-corrected chi connectivity index (χ1v) is 5.13. The van der Waals surface area contributed by atoms with Crippen LogP contribution in [0.3, 0.4) is 0 Å². The van der Waals surface area contributed by atoms with E-state index in [-0.39, 0.29) is 12.5 Å². The van der Waals surface area contributed by atoms with Crippen molar-refractivity contribution in [3.8, 4) is 0 Å². The van der Waals surface area contributed by atoms with Gasteiger partial charge in [-0.25, -0.2) is 0 Å². The second-order valence-electron chi connectivity index (χ2n) is 3.26. The molecular weight excluding hydrogens is 228 g/mol. The SMILES string of the molecule is OC[C@H]1O[C@@H](OCCCl)[C@H](O)[C@@H](O)[C@@H]1O. The molecule has 0 radical (unpaired) electrons. The van der Waals surface area contributed by atoms with E-state index in [4.69, 9.17) is 26.2 Å². The Hall–Kier alpha value is 0.0500. The molecule has 1 aliphatic rings. The second-order valence-corrected chi connectivity index (χ2v) is 3.64. The fourth-order valence-corrected chi connectivity index (χ4v) is 1.45. The number of hydrogen-bond donors (Lipinski definition) is 4. The molecular formula is C8H15ClO6. The predicted molar refractivity (Wildman–Crippen MR) is 50.4 cm³/mol. The standard InChI is InChI=1S/C8H15ClO6/c9-1-2-14-8-7(13)6(12)5(11)4(3-10)15-8/h4-8,10-13H,1-3H2/t4-,5-,6+,7-,8-/m1/s1. The molecule has 0 amide bonds. The molecule has 0 saturated carbocycles. The fraction of sp³-hybridized carbons (Fsp3) is 1.00. The van der Waals surface area contributed by atoms with Gasteiger partial charge in [0.2, 0.25) is 0 Å². The lowest BCUT2D eigenvalue weighted by atomic mass is 9.99. The van der Waals surface area contributed by atoms with Crippen molar-refractivity contribution in [1.82, 2.24) is 0 Å². The second kappa shape index (κ2) is 5.95. The topological polar surface area (TPSA) is 99.4 Å². The highest BCUT2D eigenvalue weighted by Gasteiger charge is 2.43. The maximum Gasteiger partial charge on any atom is 0.186 e. The molecule has 4 N–H and O–H groups in total. The smallest absolute Gasteiger partial charge is 0.186 e. The first-order valence-electron chi connectivity index (χ1n) is 4.60. The summed E-state index contributed by atoms with van der Waals surface area (Å²) < 4.78 is 10.1. The van der Waals surface area contributed by atoms with Gasteiger partial charge in [0.25, 0.3) is 0 Å². The van der Waals surface area contributed by atoms with Gasteiger partial charge in [-0.05, 0) is 0 Å². The Morgan fingerprint density at radius 2 is 1.80 bits per heavy atom. The average Bonchev–Trinajstić information content (AvgIpc) is 2.25. The summed E-state index contributed by atoms with van der Waals surface area (Å²) in [5.74, 6) is 0.217. The third-order valence-electron chi connectivity index (χ3n) is 2.21. The van der Waals surface area contributed by atoms with Gasteiger partial charge in [-0.1, -0.05) is 0 Å². The van der Waals surface area contributed by atoms with E-state index in [1.807, 2.05) is 0 Å². The highest BCUT2D eigenvalue weighted by molar-refractivity contribution is 6.17. The minimum atomic E-state index is -1.41. The molecule has 5 atom stereocenters. The van der Waals surface area contributed by atoms with Crippen LogP contribution in [0.15, 0.2) is 0 Å². The third kappa shape index (κ3) is 3.01. The van der Waals surface area contributed by atoms with Crippen molar-refractivity contribution in [3.63, 3.8) is 0 Å². The van der Waals surface area contributed by atoms with E-state index in [2.05, 4.69) is 0 Å². The van der Waals surface area contributed by atoms with Gasteiger partial charge in [-0.15, -0.1) is 11.6 Å². The molecule has 1 rings (SSSR count). The van der Waals surface area contributed by atoms with Crippen molar-refractivity contribution < 1.29 is 29.9 Å². The lowest BCUT2D eigenvalue weighted by Gasteiger charge is -2.39. The van der Waals surface area contributed by atoms with Crippen LogP contribution in [0.25, 0.3) is 0 Å². The van der Waals surface area contributed by atoms with Crippen molar-refractivity contribution in [2.75, 3.05) is 19.1 Å². The van der Waals surface area contributed by atoms with E-state index in [1.54, 1.807) is 0 Å². The summed E-state index contributed by atoms with van der Waals surface area (Å²) in [5, 5.41) is 37.1. The molecule has 0 spiro atoms. The largest absolute Gasteiger partial charge is 0.394 e. The third-order valence-corrected chi connectivity index (χ3v) is 2.36. The normalized spacial score (nSPS) is 41.8. The van der Waals surface area contributed by atoms with Crippen LogP contribution in [0.5, 0.6) is 0 Å². The lowest BCUT2D eigenvalue weighted by Crippen LogP contribution is -2.59. The number of aliphatic hydroxyl groups excluding tert-OH is 4. The molecule has 1 heterocycles. The van der Waals surface area contributed by atoms with Gasteiger partial charge in [-0.3, -0.25) is 0 Å². The molecule has 6 nitrogen and oxygen atoms in total. The summed E-state index contributed by atoms with van der Waals surface area (Å²) in [6, 6.07) is 0. The fourth-order valence-electron chi connectivity index (χ4n) is 1.37. The van der Waals surface area contributed by atoms with E-state index < -0.39 is 37.3 Å². The summed E-state index contributed by atoms with van der Waals surface area (Å²) in [4.78, 5) is 0. The van der Waals surface area contributed by atoms with Crippen LogP contribution in [0.1, 0.15) is 0 Å². The van der Waals surface area contributed by atoms with Gasteiger partial charge in [0.15, 0.2) is 6.29 Å². The molecule has 0 aliphatic carbocycles. The van der Waals surface area contributed by atoms with E-state index in [9.17, 15) is 15.3 Å². The average molecular weight is 243 g/mol. The molecule has 0 aromatic rings. The van der Waals surface area contributed by atoms with Gasteiger partial charge < -0.3 is 29.9 Å². The zero-order valence-electron chi connectivity index (χ0n) is 7.99. The highest BCUT2D eigenvalue weighted by Crippen LogP contribution is 2.21. The molecule has 0 bridgehead atoms. The van der Waals surface area contributed by atoms with E-state index in [0.29, 0.717) is 0 Å². The maximum atomic E-state index is 9.46. The number of ether oxygens (including phenoxy) is 2. The number of rotatable bonds is 4. The first kappa shape index (κ1) is 13.1. The Morgan fingerprint density at radius 3 is 2.33 bits per heavy atom. The van der Waals surface area contributed by atoms with Gasteiger partial charge in [0, 0.05) is 5.88 Å². The summed E-state index contributed by atoms with van der Waals surface area (Å²) >= 11 is 5.38. The zero-order chi connectivity index (χ0) is 11.4. The summed E-state index contributed by atoms with van der Waals surface area (Å²) in [5.41, 5.74) is 0. The van der Waals surface area contributed by atoms with Crippen molar-refractivity contribution in [1.29, 1.82) is 0 Å². The minimum Gasteiger partial charge on any atom is -0.394 e. The highest BCUT2D eigenvalue weighted by atomic mass is 35.5. The molecule has 0 aromatic heterocycles. The Balaban J connectivity index is 2.57. The van der Waals surface area contributed by atoms with Crippen LogP contribution >= 0.6 is 11.6 Å². The van der Waals surface area contributed by atoms with E-state index >= 15 is 0 Å². The Kier molecular flexibility index (Phi) is 5.20. The minimum absolute atomic E-state index is 0.143. The molecule has 7 heteroatoms. The first-order chi connectivity index (χ1) is 7.11. The quantitative estimate of drug-likeness (QED) is 0.428. The van der Waals surface area contributed by atoms with Crippen molar-refractivity contribution in [3.05, 3.63) is 0 Å². The Bertz CT molecular complexity index is 190. The van der Waals surface area contributed by atoms with Crippen LogP contribution in [-0.4, -0.2) is 70.2 Å². The molecule has 1 aliphatic heterocycles. The molecule has 1 fully saturated rings. The molecule has 90 valence electrons. The Labute approximate surface area is 92.0 Å². The lowest BCUT2D eigenvalue weighted by molar-refractivity contribution is -0.299. The summed E-state index contributed by atoms with van der Waals surface area (Å²) in [7, 11) is 0. The van der Waals surface area contributed by atoms with E-state index in [1.165, 1.54) is 0 Å². The van der Waals surface area contributed by atoms with Crippen molar-refractivity contribution in [2.24, 2.45) is 0 Å². The van der Waals surface area contributed by atoms with Crippen LogP contribution in [0.2, 0.25) is 0 Å². The molecule has 1 saturated heterocycles. The van der Waals surface area contributed by atoms with Crippen LogP contribution < -0.4 is 0 Å². The molecule has 0 unspecified atom stereocenters.